The number of nitrogens with one attached hydrogen (secondary N) is 2. The van der Waals surface area contributed by atoms with Gasteiger partial charge in [-0.3, -0.25) is 10.1 Å². The van der Waals surface area contributed by atoms with Crippen LogP contribution in [0, 0.1) is 20.8 Å². The Balaban J connectivity index is 1.91. The first kappa shape index (κ1) is 18.3. The second-order valence-corrected chi connectivity index (χ2v) is 7.73. The van der Waals surface area contributed by atoms with Crippen molar-refractivity contribution in [3.05, 3.63) is 51.0 Å². The number of hydrogen-bond donors (Lipinski definition) is 3. The molecule has 0 saturated carbocycles. The third-order valence-electron chi connectivity index (χ3n) is 3.98. The molecule has 1 aromatic heterocycles. The Morgan fingerprint density at radius 2 is 1.85 bits per heavy atom. The van der Waals surface area contributed by atoms with E-state index in [9.17, 15) is 9.59 Å². The van der Waals surface area contributed by atoms with Crippen LogP contribution < -0.4 is 10.6 Å². The fraction of sp³-hybridized carbons (Fsp3) is 0.167. The molecule has 0 aliphatic heterocycles. The highest BCUT2D eigenvalue weighted by atomic mass is 79.9. The maximum absolute atomic E-state index is 12.7. The topological polar surface area (TPSA) is 91.3 Å². The van der Waals surface area contributed by atoms with E-state index in [1.54, 1.807) is 18.2 Å². The fourth-order valence-electron chi connectivity index (χ4n) is 2.75. The summed E-state index contributed by atoms with van der Waals surface area (Å²) in [6.07, 6.45) is -1.17. The summed E-state index contributed by atoms with van der Waals surface area (Å²) in [5, 5.41) is 14.3. The molecule has 3 N–H and O–H groups in total. The highest BCUT2D eigenvalue weighted by molar-refractivity contribution is 9.10. The van der Waals surface area contributed by atoms with Crippen molar-refractivity contribution >= 4 is 60.3 Å². The SMILES string of the molecule is Cc1cc(C)c(NC(=O)c2ccc3nc(NC(=O)O)sc3c2)c(C)c1Br. The number of halogens is 1. The Morgan fingerprint density at radius 3 is 2.54 bits per heavy atom. The van der Waals surface area contributed by atoms with E-state index < -0.39 is 6.09 Å². The zero-order valence-corrected chi connectivity index (χ0v) is 16.7. The van der Waals surface area contributed by atoms with Gasteiger partial charge >= 0.3 is 6.09 Å². The van der Waals surface area contributed by atoms with Crippen LogP contribution >= 0.6 is 27.3 Å². The van der Waals surface area contributed by atoms with Gasteiger partial charge in [-0.2, -0.15) is 0 Å². The monoisotopic (exact) mass is 433 g/mol. The minimum atomic E-state index is -1.17. The van der Waals surface area contributed by atoms with Crippen LogP contribution in [0.4, 0.5) is 15.6 Å². The molecular formula is C18H16BrN3O3S. The van der Waals surface area contributed by atoms with Gasteiger partial charge in [-0.1, -0.05) is 33.3 Å². The Morgan fingerprint density at radius 1 is 1.12 bits per heavy atom. The molecule has 3 rings (SSSR count). The average Bonchev–Trinajstić information content (AvgIpc) is 2.97. The summed E-state index contributed by atoms with van der Waals surface area (Å²) in [6.45, 7) is 5.92. The van der Waals surface area contributed by atoms with Gasteiger partial charge in [0.15, 0.2) is 5.13 Å². The minimum absolute atomic E-state index is 0.227. The van der Waals surface area contributed by atoms with Crippen LogP contribution in [0.3, 0.4) is 0 Å². The minimum Gasteiger partial charge on any atom is -0.465 e. The number of aryl methyl sites for hydroxylation is 2. The zero-order valence-electron chi connectivity index (χ0n) is 14.3. The lowest BCUT2D eigenvalue weighted by atomic mass is 10.0. The van der Waals surface area contributed by atoms with E-state index in [1.165, 1.54) is 11.3 Å². The van der Waals surface area contributed by atoms with Gasteiger partial charge in [0.1, 0.15) is 0 Å². The molecule has 8 heteroatoms. The molecule has 2 aromatic carbocycles. The van der Waals surface area contributed by atoms with Crippen LogP contribution in [0.25, 0.3) is 10.2 Å². The summed E-state index contributed by atoms with van der Waals surface area (Å²) in [7, 11) is 0. The van der Waals surface area contributed by atoms with Gasteiger partial charge in [0.2, 0.25) is 0 Å². The number of benzene rings is 2. The van der Waals surface area contributed by atoms with E-state index >= 15 is 0 Å². The standard InChI is InChI=1S/C18H16BrN3O3S/c1-8-6-9(2)15(10(3)14(8)19)21-16(23)11-4-5-12-13(7-11)26-17(20-12)22-18(24)25/h4-7H,1-3H3,(H,20,22)(H,21,23)(H,24,25). The molecule has 2 amide bonds. The summed E-state index contributed by atoms with van der Waals surface area (Å²) in [6, 6.07) is 7.11. The molecule has 0 atom stereocenters. The first-order valence-electron chi connectivity index (χ1n) is 7.74. The number of anilines is 2. The summed E-state index contributed by atoms with van der Waals surface area (Å²) < 4.78 is 1.71. The molecule has 134 valence electrons. The van der Waals surface area contributed by atoms with E-state index in [-0.39, 0.29) is 11.0 Å². The van der Waals surface area contributed by atoms with Crippen LogP contribution in [-0.2, 0) is 0 Å². The van der Waals surface area contributed by atoms with Gasteiger partial charge in [-0.25, -0.2) is 9.78 Å². The number of carbonyl (C=O) groups excluding carboxylic acids is 1. The molecule has 3 aromatic rings. The predicted molar refractivity (Wildman–Crippen MR) is 108 cm³/mol. The fourth-order valence-corrected chi connectivity index (χ4v) is 3.96. The molecule has 0 spiro atoms. The van der Waals surface area contributed by atoms with Gasteiger partial charge in [-0.05, 0) is 55.7 Å². The maximum Gasteiger partial charge on any atom is 0.410 e. The Labute approximate surface area is 162 Å². The Hall–Kier alpha value is -2.45. The second kappa shape index (κ2) is 7.05. The Kier molecular flexibility index (Phi) is 4.97. The molecule has 26 heavy (non-hydrogen) atoms. The predicted octanol–water partition coefficient (Wildman–Crippen LogP) is 5.33. The van der Waals surface area contributed by atoms with Crippen molar-refractivity contribution in [3.63, 3.8) is 0 Å². The molecule has 1 heterocycles. The van der Waals surface area contributed by atoms with E-state index in [2.05, 4.69) is 31.5 Å². The third-order valence-corrected chi connectivity index (χ3v) is 6.13. The van der Waals surface area contributed by atoms with Crippen LogP contribution in [0.1, 0.15) is 27.0 Å². The van der Waals surface area contributed by atoms with Crippen molar-refractivity contribution in [3.8, 4) is 0 Å². The highest BCUT2D eigenvalue weighted by Gasteiger charge is 2.15. The van der Waals surface area contributed by atoms with Gasteiger partial charge in [0.05, 0.1) is 10.2 Å². The van der Waals surface area contributed by atoms with Gasteiger partial charge in [0.25, 0.3) is 5.91 Å². The summed E-state index contributed by atoms with van der Waals surface area (Å²) in [4.78, 5) is 27.6. The van der Waals surface area contributed by atoms with Crippen LogP contribution in [0.15, 0.2) is 28.7 Å². The smallest absolute Gasteiger partial charge is 0.410 e. The number of amides is 2. The number of carboxylic acid groups (broad SMARTS) is 1. The van der Waals surface area contributed by atoms with Crippen molar-refractivity contribution in [2.24, 2.45) is 0 Å². The Bertz CT molecular complexity index is 1050. The number of fused-ring (bicyclic) bond motifs is 1. The van der Waals surface area contributed by atoms with Gasteiger partial charge < -0.3 is 10.4 Å². The molecule has 0 bridgehead atoms. The molecule has 0 saturated heterocycles. The molecular weight excluding hydrogens is 418 g/mol. The first-order valence-corrected chi connectivity index (χ1v) is 9.35. The number of nitrogens with zero attached hydrogens (tertiary/aromatic N) is 1. The first-order chi connectivity index (χ1) is 12.3. The molecule has 0 aliphatic carbocycles. The number of carbonyl (C=O) groups is 2. The number of rotatable bonds is 3. The van der Waals surface area contributed by atoms with Crippen molar-refractivity contribution in [2.75, 3.05) is 10.6 Å². The third kappa shape index (κ3) is 3.56. The number of hydrogen-bond acceptors (Lipinski definition) is 4. The molecule has 6 nitrogen and oxygen atoms in total. The van der Waals surface area contributed by atoms with E-state index in [4.69, 9.17) is 5.11 Å². The molecule has 0 radical (unpaired) electrons. The lowest BCUT2D eigenvalue weighted by molar-refractivity contribution is 0.102. The molecule has 0 unspecified atom stereocenters. The van der Waals surface area contributed by atoms with Crippen LogP contribution in [0.5, 0.6) is 0 Å². The maximum atomic E-state index is 12.7. The average molecular weight is 434 g/mol. The lowest BCUT2D eigenvalue weighted by Gasteiger charge is -2.15. The van der Waals surface area contributed by atoms with Gasteiger partial charge in [0, 0.05) is 15.7 Å². The quantitative estimate of drug-likeness (QED) is 0.520. The van der Waals surface area contributed by atoms with E-state index in [0.717, 1.165) is 31.6 Å². The van der Waals surface area contributed by atoms with Crippen molar-refractivity contribution in [2.45, 2.75) is 20.8 Å². The highest BCUT2D eigenvalue weighted by Crippen LogP contribution is 2.32. The summed E-state index contributed by atoms with van der Waals surface area (Å²) in [5.41, 5.74) is 4.98. The number of aromatic nitrogens is 1. The van der Waals surface area contributed by atoms with Gasteiger partial charge in [-0.15, -0.1) is 0 Å². The number of thiazole rings is 1. The van der Waals surface area contributed by atoms with Crippen molar-refractivity contribution < 1.29 is 14.7 Å². The molecule has 0 aliphatic rings. The zero-order chi connectivity index (χ0) is 19.0. The normalized spacial score (nSPS) is 10.8. The van der Waals surface area contributed by atoms with Crippen LogP contribution in [-0.4, -0.2) is 22.1 Å². The second-order valence-electron chi connectivity index (χ2n) is 5.91. The lowest BCUT2D eigenvalue weighted by Crippen LogP contribution is -2.14. The summed E-state index contributed by atoms with van der Waals surface area (Å²) >= 11 is 4.74. The van der Waals surface area contributed by atoms with Crippen LogP contribution in [0.2, 0.25) is 0 Å². The van der Waals surface area contributed by atoms with E-state index in [1.807, 2.05) is 26.8 Å². The van der Waals surface area contributed by atoms with Crippen molar-refractivity contribution in [1.82, 2.24) is 4.98 Å². The van der Waals surface area contributed by atoms with Crippen molar-refractivity contribution in [1.29, 1.82) is 0 Å². The van der Waals surface area contributed by atoms with E-state index in [0.29, 0.717) is 11.1 Å². The largest absolute Gasteiger partial charge is 0.465 e. The summed E-state index contributed by atoms with van der Waals surface area (Å²) in [5.74, 6) is -0.227. The molecule has 0 fully saturated rings.